The lowest BCUT2D eigenvalue weighted by Crippen LogP contribution is -2.28. The Morgan fingerprint density at radius 2 is 1.78 bits per heavy atom. The van der Waals surface area contributed by atoms with Gasteiger partial charge in [-0.2, -0.15) is 0 Å². The maximum Gasteiger partial charge on any atom is 0.0670 e. The molecule has 1 N–H and O–H groups in total. The minimum Gasteiger partial charge on any atom is -0.390 e. The average Bonchev–Trinajstić information content (AvgIpc) is 2.68. The van der Waals surface area contributed by atoms with E-state index in [9.17, 15) is 5.11 Å². The summed E-state index contributed by atoms with van der Waals surface area (Å²) in [5, 5.41) is 9.77. The van der Waals surface area contributed by atoms with E-state index in [0.717, 1.165) is 12.8 Å². The van der Waals surface area contributed by atoms with Crippen LogP contribution in [-0.2, 0) is 0 Å². The second-order valence-corrected chi connectivity index (χ2v) is 3.08. The third kappa shape index (κ3) is 1.26. The van der Waals surface area contributed by atoms with Gasteiger partial charge in [-0.05, 0) is 31.6 Å². The van der Waals surface area contributed by atoms with Gasteiger partial charge < -0.3 is 5.11 Å². The summed E-state index contributed by atoms with van der Waals surface area (Å²) >= 11 is 0. The van der Waals surface area contributed by atoms with Crippen molar-refractivity contribution in [1.82, 2.24) is 0 Å². The van der Waals surface area contributed by atoms with Crippen LogP contribution >= 0.6 is 0 Å². The number of aliphatic hydroxyl groups is 1. The minimum absolute atomic E-state index is 0.306. The van der Waals surface area contributed by atoms with Gasteiger partial charge in [-0.15, -0.1) is 0 Å². The van der Waals surface area contributed by atoms with E-state index in [0.29, 0.717) is 5.92 Å². The van der Waals surface area contributed by atoms with E-state index in [4.69, 9.17) is 0 Å². The summed E-state index contributed by atoms with van der Waals surface area (Å²) in [6.07, 6.45) is 4.35. The third-order valence-electron chi connectivity index (χ3n) is 2.56. The molecule has 0 aromatic rings. The molecule has 0 radical (unpaired) electrons. The highest BCUT2D eigenvalue weighted by atomic mass is 16.3. The second-order valence-electron chi connectivity index (χ2n) is 3.08. The third-order valence-corrected chi connectivity index (χ3v) is 2.56. The highest BCUT2D eigenvalue weighted by Gasteiger charge is 2.40. The van der Waals surface area contributed by atoms with Gasteiger partial charge in [0.1, 0.15) is 0 Å². The zero-order valence-electron chi connectivity index (χ0n) is 6.35. The van der Waals surface area contributed by atoms with E-state index in [1.54, 1.807) is 0 Å². The summed E-state index contributed by atoms with van der Waals surface area (Å²) in [5.74, 6) is 0.632. The predicted octanol–water partition coefficient (Wildman–Crippen LogP) is 1.95. The zero-order chi connectivity index (χ0) is 6.91. The lowest BCUT2D eigenvalue weighted by molar-refractivity contribution is 0.00985. The zero-order valence-corrected chi connectivity index (χ0v) is 6.35. The van der Waals surface area contributed by atoms with Crippen molar-refractivity contribution in [2.24, 2.45) is 5.92 Å². The quantitative estimate of drug-likeness (QED) is 0.616. The van der Waals surface area contributed by atoms with Crippen LogP contribution in [0.5, 0.6) is 0 Å². The molecule has 1 aliphatic carbocycles. The van der Waals surface area contributed by atoms with Gasteiger partial charge in [-0.25, -0.2) is 0 Å². The first-order chi connectivity index (χ1) is 4.23. The standard InChI is InChI=1S/C8H16O/c1-3-8(9,4-2)7-5-6-7/h7,9H,3-6H2,1-2H3. The molecule has 0 aromatic heterocycles. The van der Waals surface area contributed by atoms with Gasteiger partial charge in [-0.1, -0.05) is 13.8 Å². The first kappa shape index (κ1) is 7.07. The molecule has 54 valence electrons. The fraction of sp³-hybridized carbons (Fsp3) is 1.00. The van der Waals surface area contributed by atoms with E-state index < -0.39 is 0 Å². The molecule has 1 rings (SSSR count). The normalized spacial score (nSPS) is 20.3. The Morgan fingerprint density at radius 3 is 1.89 bits per heavy atom. The number of hydrogen-bond donors (Lipinski definition) is 1. The van der Waals surface area contributed by atoms with Crippen molar-refractivity contribution < 1.29 is 5.11 Å². The summed E-state index contributed by atoms with van der Waals surface area (Å²) in [6, 6.07) is 0. The Bertz CT molecular complexity index is 90.7. The molecule has 0 unspecified atom stereocenters. The topological polar surface area (TPSA) is 20.2 Å². The SMILES string of the molecule is CCC(O)(CC)C1CC1. The van der Waals surface area contributed by atoms with Crippen LogP contribution in [0.15, 0.2) is 0 Å². The van der Waals surface area contributed by atoms with Crippen LogP contribution in [0.25, 0.3) is 0 Å². The van der Waals surface area contributed by atoms with E-state index in [1.165, 1.54) is 12.8 Å². The molecular weight excluding hydrogens is 112 g/mol. The number of hydrogen-bond acceptors (Lipinski definition) is 1. The molecular formula is C8H16O. The molecule has 0 aromatic carbocycles. The predicted molar refractivity (Wildman–Crippen MR) is 38.3 cm³/mol. The summed E-state index contributed by atoms with van der Waals surface area (Å²) < 4.78 is 0. The van der Waals surface area contributed by atoms with Crippen LogP contribution in [0.2, 0.25) is 0 Å². The lowest BCUT2D eigenvalue weighted by atomic mass is 9.92. The van der Waals surface area contributed by atoms with Crippen molar-refractivity contribution >= 4 is 0 Å². The van der Waals surface area contributed by atoms with Crippen LogP contribution < -0.4 is 0 Å². The Balaban J connectivity index is 2.43. The molecule has 0 spiro atoms. The van der Waals surface area contributed by atoms with E-state index in [2.05, 4.69) is 13.8 Å². The highest BCUT2D eigenvalue weighted by Crippen LogP contribution is 2.43. The smallest absolute Gasteiger partial charge is 0.0670 e. The van der Waals surface area contributed by atoms with Crippen molar-refractivity contribution in [3.63, 3.8) is 0 Å². The van der Waals surface area contributed by atoms with Crippen LogP contribution in [0.3, 0.4) is 0 Å². The molecule has 1 heteroatoms. The van der Waals surface area contributed by atoms with Gasteiger partial charge in [0.15, 0.2) is 0 Å². The molecule has 0 heterocycles. The molecule has 0 bridgehead atoms. The van der Waals surface area contributed by atoms with Gasteiger partial charge in [0.2, 0.25) is 0 Å². The Kier molecular flexibility index (Phi) is 1.80. The fourth-order valence-electron chi connectivity index (χ4n) is 1.45. The van der Waals surface area contributed by atoms with Crippen LogP contribution in [0.1, 0.15) is 39.5 Å². The van der Waals surface area contributed by atoms with Crippen molar-refractivity contribution in [3.05, 3.63) is 0 Å². The summed E-state index contributed by atoms with van der Waals surface area (Å²) in [4.78, 5) is 0. The molecule has 1 fully saturated rings. The molecule has 1 saturated carbocycles. The van der Waals surface area contributed by atoms with Gasteiger partial charge in [0.05, 0.1) is 5.60 Å². The first-order valence-corrected chi connectivity index (χ1v) is 3.95. The molecule has 0 aliphatic heterocycles. The van der Waals surface area contributed by atoms with E-state index >= 15 is 0 Å². The fourth-order valence-corrected chi connectivity index (χ4v) is 1.45. The van der Waals surface area contributed by atoms with Gasteiger partial charge >= 0.3 is 0 Å². The lowest BCUT2D eigenvalue weighted by Gasteiger charge is -2.24. The Labute approximate surface area is 57.1 Å². The largest absolute Gasteiger partial charge is 0.390 e. The Morgan fingerprint density at radius 1 is 1.33 bits per heavy atom. The van der Waals surface area contributed by atoms with E-state index in [-0.39, 0.29) is 5.60 Å². The first-order valence-electron chi connectivity index (χ1n) is 3.95. The monoisotopic (exact) mass is 128 g/mol. The van der Waals surface area contributed by atoms with Crippen molar-refractivity contribution in [2.75, 3.05) is 0 Å². The van der Waals surface area contributed by atoms with Crippen LogP contribution in [-0.4, -0.2) is 10.7 Å². The van der Waals surface area contributed by atoms with Crippen molar-refractivity contribution in [3.8, 4) is 0 Å². The molecule has 0 saturated heterocycles. The molecule has 9 heavy (non-hydrogen) atoms. The Hall–Kier alpha value is -0.0400. The van der Waals surface area contributed by atoms with Crippen molar-refractivity contribution in [1.29, 1.82) is 0 Å². The number of rotatable bonds is 3. The maximum atomic E-state index is 9.77. The molecule has 1 nitrogen and oxygen atoms in total. The minimum atomic E-state index is -0.306. The van der Waals surface area contributed by atoms with Crippen molar-refractivity contribution in [2.45, 2.75) is 45.1 Å². The van der Waals surface area contributed by atoms with Crippen LogP contribution in [0.4, 0.5) is 0 Å². The van der Waals surface area contributed by atoms with Crippen LogP contribution in [0, 0.1) is 5.92 Å². The van der Waals surface area contributed by atoms with E-state index in [1.807, 2.05) is 0 Å². The van der Waals surface area contributed by atoms with Gasteiger partial charge in [-0.3, -0.25) is 0 Å². The summed E-state index contributed by atoms with van der Waals surface area (Å²) in [6.45, 7) is 4.14. The second kappa shape index (κ2) is 2.30. The van der Waals surface area contributed by atoms with Gasteiger partial charge in [0.25, 0.3) is 0 Å². The molecule has 0 amide bonds. The highest BCUT2D eigenvalue weighted by molar-refractivity contribution is 4.92. The summed E-state index contributed by atoms with van der Waals surface area (Å²) in [5.41, 5.74) is -0.306. The molecule has 1 aliphatic rings. The maximum absolute atomic E-state index is 9.77. The summed E-state index contributed by atoms with van der Waals surface area (Å²) in [7, 11) is 0. The molecule has 0 atom stereocenters. The van der Waals surface area contributed by atoms with Gasteiger partial charge in [0, 0.05) is 0 Å². The average molecular weight is 128 g/mol.